The van der Waals surface area contributed by atoms with Crippen molar-refractivity contribution in [3.63, 3.8) is 0 Å². The molecule has 0 spiro atoms. The maximum atomic E-state index is 11.4. The number of rotatable bonds is 2. The number of nitrogens with two attached hydrogens (primary N) is 1. The Labute approximate surface area is 96.2 Å². The Morgan fingerprint density at radius 1 is 1.33 bits per heavy atom. The molecular formula is C10H8Cl2N2O. The Hall–Kier alpha value is -1.03. The Bertz CT molecular complexity index is 494. The first kappa shape index (κ1) is 10.5. The summed E-state index contributed by atoms with van der Waals surface area (Å²) in [7, 11) is 0. The van der Waals surface area contributed by atoms with Crippen LogP contribution in [0.3, 0.4) is 0 Å². The minimum atomic E-state index is -0.168. The summed E-state index contributed by atoms with van der Waals surface area (Å²) in [4.78, 5) is 14.3. The maximum Gasteiger partial charge on any atom is 0.192 e. The number of hydrogen-bond acceptors (Lipinski definition) is 2. The van der Waals surface area contributed by atoms with Gasteiger partial charge in [0, 0.05) is 5.39 Å². The number of nitrogens with one attached hydrogen (secondary N) is 1. The van der Waals surface area contributed by atoms with E-state index in [1.807, 2.05) is 0 Å². The molecule has 78 valence electrons. The maximum absolute atomic E-state index is 11.4. The van der Waals surface area contributed by atoms with E-state index >= 15 is 0 Å². The second-order valence-corrected chi connectivity index (χ2v) is 3.94. The molecule has 0 radical (unpaired) electrons. The quantitative estimate of drug-likeness (QED) is 0.796. The molecule has 0 fully saturated rings. The van der Waals surface area contributed by atoms with Crippen LogP contribution in [-0.4, -0.2) is 17.3 Å². The third-order valence-corrected chi connectivity index (χ3v) is 2.82. The molecule has 1 heterocycles. The summed E-state index contributed by atoms with van der Waals surface area (Å²) >= 11 is 11.9. The highest BCUT2D eigenvalue weighted by molar-refractivity contribution is 6.40. The van der Waals surface area contributed by atoms with Crippen molar-refractivity contribution in [2.24, 2.45) is 5.73 Å². The fraction of sp³-hybridized carbons (Fsp3) is 0.100. The number of carbonyl (C=O) groups is 1. The van der Waals surface area contributed by atoms with Gasteiger partial charge < -0.3 is 10.7 Å². The third-order valence-electron chi connectivity index (χ3n) is 2.18. The van der Waals surface area contributed by atoms with E-state index in [2.05, 4.69) is 4.98 Å². The molecule has 0 saturated heterocycles. The van der Waals surface area contributed by atoms with Crippen molar-refractivity contribution in [3.8, 4) is 0 Å². The number of halogens is 2. The topological polar surface area (TPSA) is 58.9 Å². The fourth-order valence-electron chi connectivity index (χ4n) is 1.41. The molecule has 0 aliphatic carbocycles. The first-order valence-corrected chi connectivity index (χ1v) is 5.09. The molecule has 0 aliphatic heterocycles. The number of carbonyl (C=O) groups excluding carboxylic acids is 1. The molecule has 3 N–H and O–H groups in total. The Kier molecular flexibility index (Phi) is 2.69. The van der Waals surface area contributed by atoms with E-state index in [0.29, 0.717) is 21.3 Å². The van der Waals surface area contributed by atoms with Crippen LogP contribution in [0, 0.1) is 0 Å². The smallest absolute Gasteiger partial charge is 0.192 e. The van der Waals surface area contributed by atoms with Gasteiger partial charge in [-0.05, 0) is 18.2 Å². The Morgan fingerprint density at radius 3 is 2.60 bits per heavy atom. The molecule has 2 aromatic rings. The fourth-order valence-corrected chi connectivity index (χ4v) is 1.83. The third kappa shape index (κ3) is 1.74. The van der Waals surface area contributed by atoms with Crippen LogP contribution in [-0.2, 0) is 0 Å². The summed E-state index contributed by atoms with van der Waals surface area (Å²) in [6.07, 6.45) is 0. The first-order valence-electron chi connectivity index (χ1n) is 4.33. The number of aromatic amines is 1. The van der Waals surface area contributed by atoms with Crippen molar-refractivity contribution in [2.45, 2.75) is 0 Å². The molecule has 0 aliphatic rings. The van der Waals surface area contributed by atoms with Crippen molar-refractivity contribution in [3.05, 3.63) is 33.9 Å². The summed E-state index contributed by atoms with van der Waals surface area (Å²) in [5, 5.41) is 1.83. The number of aromatic nitrogens is 1. The lowest BCUT2D eigenvalue weighted by molar-refractivity contribution is 0.0997. The molecule has 3 nitrogen and oxygen atoms in total. The summed E-state index contributed by atoms with van der Waals surface area (Å²) < 4.78 is 0. The van der Waals surface area contributed by atoms with E-state index < -0.39 is 0 Å². The molecule has 15 heavy (non-hydrogen) atoms. The highest BCUT2D eigenvalue weighted by Gasteiger charge is 2.11. The lowest BCUT2D eigenvalue weighted by atomic mass is 10.2. The SMILES string of the molecule is NCC(=O)c1cc2c(Cl)ccc(Cl)c2[nH]1. The monoisotopic (exact) mass is 242 g/mol. The number of ketones is 1. The van der Waals surface area contributed by atoms with E-state index in [1.54, 1.807) is 18.2 Å². The van der Waals surface area contributed by atoms with Gasteiger partial charge >= 0.3 is 0 Å². The standard InChI is InChI=1S/C10H8Cl2N2O/c11-6-1-2-7(12)10-5(6)3-8(14-10)9(15)4-13/h1-3,14H,4,13H2. The molecule has 5 heteroatoms. The summed E-state index contributed by atoms with van der Waals surface area (Å²) in [6, 6.07) is 5.04. The predicted octanol–water partition coefficient (Wildman–Crippen LogP) is 2.62. The van der Waals surface area contributed by atoms with Crippen LogP contribution in [0.25, 0.3) is 10.9 Å². The van der Waals surface area contributed by atoms with Crippen LogP contribution in [0.4, 0.5) is 0 Å². The van der Waals surface area contributed by atoms with Crippen LogP contribution < -0.4 is 5.73 Å². The van der Waals surface area contributed by atoms with Crippen LogP contribution in [0.1, 0.15) is 10.5 Å². The van der Waals surface area contributed by atoms with E-state index in [9.17, 15) is 4.79 Å². The molecule has 0 unspecified atom stereocenters. The molecule has 2 rings (SSSR count). The average Bonchev–Trinajstić information content (AvgIpc) is 2.68. The van der Waals surface area contributed by atoms with Gasteiger partial charge in [0.25, 0.3) is 0 Å². The number of benzene rings is 1. The summed E-state index contributed by atoms with van der Waals surface area (Å²) in [5.41, 5.74) is 6.37. The van der Waals surface area contributed by atoms with Crippen LogP contribution in [0.15, 0.2) is 18.2 Å². The van der Waals surface area contributed by atoms with Crippen LogP contribution >= 0.6 is 23.2 Å². The zero-order valence-corrected chi connectivity index (χ0v) is 9.19. The highest BCUT2D eigenvalue weighted by Crippen LogP contribution is 2.29. The van der Waals surface area contributed by atoms with Gasteiger partial charge in [-0.15, -0.1) is 0 Å². The second kappa shape index (κ2) is 3.85. The van der Waals surface area contributed by atoms with Crippen molar-refractivity contribution in [2.75, 3.05) is 6.54 Å². The van der Waals surface area contributed by atoms with E-state index in [1.165, 1.54) is 0 Å². The van der Waals surface area contributed by atoms with Crippen molar-refractivity contribution in [1.29, 1.82) is 0 Å². The molecule has 0 atom stereocenters. The van der Waals surface area contributed by atoms with Gasteiger partial charge in [0.05, 0.1) is 27.8 Å². The Balaban J connectivity index is 2.70. The van der Waals surface area contributed by atoms with Gasteiger partial charge in [0.1, 0.15) is 0 Å². The van der Waals surface area contributed by atoms with Crippen molar-refractivity contribution < 1.29 is 4.79 Å². The number of Topliss-reactive ketones (excluding diaryl/α,β-unsaturated/α-hetero) is 1. The van der Waals surface area contributed by atoms with Crippen LogP contribution in [0.5, 0.6) is 0 Å². The minimum Gasteiger partial charge on any atom is -0.351 e. The molecule has 0 bridgehead atoms. The van der Waals surface area contributed by atoms with Crippen molar-refractivity contribution >= 4 is 39.9 Å². The number of H-pyrrole nitrogens is 1. The second-order valence-electron chi connectivity index (χ2n) is 3.13. The number of hydrogen-bond donors (Lipinski definition) is 2. The molecule has 1 aromatic carbocycles. The van der Waals surface area contributed by atoms with Gasteiger partial charge in [0.15, 0.2) is 5.78 Å². The predicted molar refractivity (Wildman–Crippen MR) is 61.7 cm³/mol. The van der Waals surface area contributed by atoms with E-state index in [-0.39, 0.29) is 12.3 Å². The highest BCUT2D eigenvalue weighted by atomic mass is 35.5. The largest absolute Gasteiger partial charge is 0.351 e. The lowest BCUT2D eigenvalue weighted by Crippen LogP contribution is -2.13. The zero-order valence-electron chi connectivity index (χ0n) is 7.68. The Morgan fingerprint density at radius 2 is 2.00 bits per heavy atom. The summed E-state index contributed by atoms with van der Waals surface area (Å²) in [5.74, 6) is -0.168. The summed E-state index contributed by atoms with van der Waals surface area (Å²) in [6.45, 7) is -0.0396. The zero-order chi connectivity index (χ0) is 11.0. The van der Waals surface area contributed by atoms with E-state index in [0.717, 1.165) is 5.39 Å². The minimum absolute atomic E-state index is 0.0396. The van der Waals surface area contributed by atoms with Gasteiger partial charge in [-0.3, -0.25) is 4.79 Å². The van der Waals surface area contributed by atoms with Gasteiger partial charge in [0.2, 0.25) is 0 Å². The number of fused-ring (bicyclic) bond motifs is 1. The lowest BCUT2D eigenvalue weighted by Gasteiger charge is -1.95. The average molecular weight is 243 g/mol. The van der Waals surface area contributed by atoms with Gasteiger partial charge in [-0.2, -0.15) is 0 Å². The molecular weight excluding hydrogens is 235 g/mol. The van der Waals surface area contributed by atoms with Crippen molar-refractivity contribution in [1.82, 2.24) is 4.98 Å². The normalized spacial score (nSPS) is 10.9. The molecule has 0 amide bonds. The molecule has 0 saturated carbocycles. The first-order chi connectivity index (χ1) is 7.13. The van der Waals surface area contributed by atoms with Crippen LogP contribution in [0.2, 0.25) is 10.0 Å². The van der Waals surface area contributed by atoms with Gasteiger partial charge in [-0.25, -0.2) is 0 Å². The molecule has 1 aromatic heterocycles. The van der Waals surface area contributed by atoms with Gasteiger partial charge in [-0.1, -0.05) is 23.2 Å². The van der Waals surface area contributed by atoms with E-state index in [4.69, 9.17) is 28.9 Å².